The summed E-state index contributed by atoms with van der Waals surface area (Å²) < 4.78 is 22.1. The summed E-state index contributed by atoms with van der Waals surface area (Å²) in [5, 5.41) is 0. The molecule has 0 atom stereocenters. The minimum Gasteiger partial charge on any atom is -0.427 e. The van der Waals surface area contributed by atoms with Crippen LogP contribution in [0.3, 0.4) is 0 Å². The van der Waals surface area contributed by atoms with Crippen LogP contribution in [0.5, 0.6) is 23.0 Å². The number of hydrogen-bond donors (Lipinski definition) is 0. The molecule has 53 heavy (non-hydrogen) atoms. The topological polar surface area (TPSA) is 105 Å². The van der Waals surface area contributed by atoms with E-state index in [2.05, 4.69) is 13.8 Å². The zero-order valence-corrected chi connectivity index (χ0v) is 30.4. The highest BCUT2D eigenvalue weighted by Gasteiger charge is 2.14. The maximum absolute atomic E-state index is 12.6. The Bertz CT molecular complexity index is 1990. The van der Waals surface area contributed by atoms with Gasteiger partial charge >= 0.3 is 23.9 Å². The SMILES string of the molecule is CCCc1ccc(C(=O)Oc2ccc(CCC(=O)Oc3ccc(OC(=O)CCc4ccc(OC(=O)c5ccc(CCC)cc5)cc4)c(C)c3)cc2)cc1. The molecular weight excluding hydrogens is 668 g/mol. The van der Waals surface area contributed by atoms with Crippen molar-refractivity contribution in [1.82, 2.24) is 0 Å². The zero-order valence-electron chi connectivity index (χ0n) is 30.4. The molecule has 0 aromatic heterocycles. The Labute approximate surface area is 310 Å². The molecule has 8 heteroatoms. The van der Waals surface area contributed by atoms with Gasteiger partial charge in [-0.1, -0.05) is 75.2 Å². The molecule has 0 aliphatic heterocycles. The fourth-order valence-electron chi connectivity index (χ4n) is 5.62. The van der Waals surface area contributed by atoms with Gasteiger partial charge in [0.1, 0.15) is 23.0 Å². The van der Waals surface area contributed by atoms with Crippen LogP contribution in [0.25, 0.3) is 0 Å². The Kier molecular flexibility index (Phi) is 13.7. The molecule has 5 aromatic rings. The summed E-state index contributed by atoms with van der Waals surface area (Å²) >= 11 is 0. The highest BCUT2D eigenvalue weighted by Crippen LogP contribution is 2.25. The quantitative estimate of drug-likeness (QED) is 0.0736. The van der Waals surface area contributed by atoms with E-state index in [1.807, 2.05) is 48.5 Å². The molecule has 0 spiro atoms. The first kappa shape index (κ1) is 38.2. The molecule has 0 saturated heterocycles. The van der Waals surface area contributed by atoms with E-state index < -0.39 is 23.9 Å². The maximum atomic E-state index is 12.6. The molecule has 0 heterocycles. The second kappa shape index (κ2) is 19.0. The van der Waals surface area contributed by atoms with Crippen LogP contribution in [0.15, 0.2) is 115 Å². The summed E-state index contributed by atoms with van der Waals surface area (Å²) in [6.07, 6.45) is 5.20. The molecule has 8 nitrogen and oxygen atoms in total. The van der Waals surface area contributed by atoms with Crippen molar-refractivity contribution in [3.63, 3.8) is 0 Å². The van der Waals surface area contributed by atoms with E-state index in [1.54, 1.807) is 73.7 Å². The van der Waals surface area contributed by atoms with Gasteiger partial charge in [-0.2, -0.15) is 0 Å². The highest BCUT2D eigenvalue weighted by atomic mass is 16.5. The van der Waals surface area contributed by atoms with Crippen LogP contribution in [0.2, 0.25) is 0 Å². The van der Waals surface area contributed by atoms with Crippen molar-refractivity contribution in [2.24, 2.45) is 0 Å². The molecule has 0 saturated carbocycles. The van der Waals surface area contributed by atoms with Crippen LogP contribution in [0.4, 0.5) is 0 Å². The van der Waals surface area contributed by atoms with E-state index in [1.165, 1.54) is 11.1 Å². The van der Waals surface area contributed by atoms with E-state index in [-0.39, 0.29) is 12.8 Å². The number of ether oxygens (including phenoxy) is 4. The van der Waals surface area contributed by atoms with Gasteiger partial charge in [0.2, 0.25) is 0 Å². The van der Waals surface area contributed by atoms with Crippen molar-refractivity contribution in [1.29, 1.82) is 0 Å². The average molecular weight is 713 g/mol. The van der Waals surface area contributed by atoms with Crippen LogP contribution in [-0.4, -0.2) is 23.9 Å². The predicted octanol–water partition coefficient (Wildman–Crippen LogP) is 9.41. The standard InChI is InChI=1S/C45H44O8/c1-4-6-32-8-18-36(19-9-32)44(48)51-38-22-12-34(13-23-38)16-28-42(46)50-40-26-27-41(31(3)30-40)53-43(47)29-17-35-14-24-39(25-15-35)52-45(49)37-20-10-33(7-5-2)11-21-37/h8-15,18-27,30H,4-7,16-17,28-29H2,1-3H3. The van der Waals surface area contributed by atoms with Crippen LogP contribution in [-0.2, 0) is 35.3 Å². The molecule has 0 unspecified atom stereocenters. The van der Waals surface area contributed by atoms with Gasteiger partial charge in [-0.15, -0.1) is 0 Å². The van der Waals surface area contributed by atoms with Gasteiger partial charge in [0, 0.05) is 12.8 Å². The number of carbonyl (C=O) groups is 4. The van der Waals surface area contributed by atoms with Gasteiger partial charge in [0.25, 0.3) is 0 Å². The molecule has 0 amide bonds. The first-order chi connectivity index (χ1) is 25.7. The minimum absolute atomic E-state index is 0.148. The van der Waals surface area contributed by atoms with Gasteiger partial charge in [-0.25, -0.2) is 9.59 Å². The Morgan fingerprint density at radius 3 is 1.23 bits per heavy atom. The Balaban J connectivity index is 1.02. The van der Waals surface area contributed by atoms with E-state index in [4.69, 9.17) is 18.9 Å². The molecule has 5 aromatic carbocycles. The Morgan fingerprint density at radius 1 is 0.434 bits per heavy atom. The monoisotopic (exact) mass is 712 g/mol. The van der Waals surface area contributed by atoms with Gasteiger partial charge in [-0.05, 0) is 127 Å². The average Bonchev–Trinajstić information content (AvgIpc) is 3.16. The lowest BCUT2D eigenvalue weighted by Crippen LogP contribution is -2.11. The van der Waals surface area contributed by atoms with Crippen molar-refractivity contribution in [3.8, 4) is 23.0 Å². The summed E-state index contributed by atoms with van der Waals surface area (Å²) in [6, 6.07) is 33.8. The number of aryl methyl sites for hydroxylation is 5. The molecule has 0 aliphatic carbocycles. The zero-order chi connectivity index (χ0) is 37.6. The number of esters is 4. The molecule has 0 fully saturated rings. The Hall–Kier alpha value is -6.02. The van der Waals surface area contributed by atoms with Crippen molar-refractivity contribution >= 4 is 23.9 Å². The summed E-state index contributed by atoms with van der Waals surface area (Å²) in [5.41, 5.74) is 5.78. The second-order valence-electron chi connectivity index (χ2n) is 12.8. The number of rotatable bonds is 16. The lowest BCUT2D eigenvalue weighted by Gasteiger charge is -2.10. The third-order valence-corrected chi connectivity index (χ3v) is 8.56. The molecule has 0 aliphatic rings. The van der Waals surface area contributed by atoms with E-state index >= 15 is 0 Å². The van der Waals surface area contributed by atoms with E-state index in [0.29, 0.717) is 52.5 Å². The van der Waals surface area contributed by atoms with Crippen molar-refractivity contribution in [2.45, 2.75) is 72.1 Å². The highest BCUT2D eigenvalue weighted by molar-refractivity contribution is 5.91. The first-order valence-corrected chi connectivity index (χ1v) is 18.0. The summed E-state index contributed by atoms with van der Waals surface area (Å²) in [4.78, 5) is 50.2. The lowest BCUT2D eigenvalue weighted by atomic mass is 10.1. The largest absolute Gasteiger partial charge is 0.427 e. The van der Waals surface area contributed by atoms with Gasteiger partial charge in [-0.3, -0.25) is 9.59 Å². The second-order valence-corrected chi connectivity index (χ2v) is 12.8. The molecule has 272 valence electrons. The molecular formula is C45H44O8. The van der Waals surface area contributed by atoms with Crippen LogP contribution in [0, 0.1) is 6.92 Å². The first-order valence-electron chi connectivity index (χ1n) is 18.0. The Morgan fingerprint density at radius 2 is 0.811 bits per heavy atom. The van der Waals surface area contributed by atoms with Crippen LogP contribution >= 0.6 is 0 Å². The van der Waals surface area contributed by atoms with Crippen LogP contribution in [0.1, 0.15) is 88.1 Å². The van der Waals surface area contributed by atoms with E-state index in [9.17, 15) is 19.2 Å². The summed E-state index contributed by atoms with van der Waals surface area (Å²) in [5.74, 6) is -0.0654. The van der Waals surface area contributed by atoms with E-state index in [0.717, 1.165) is 36.8 Å². The summed E-state index contributed by atoms with van der Waals surface area (Å²) in [6.45, 7) is 6.00. The van der Waals surface area contributed by atoms with Crippen LogP contribution < -0.4 is 18.9 Å². The maximum Gasteiger partial charge on any atom is 0.343 e. The van der Waals surface area contributed by atoms with Gasteiger partial charge in [0.15, 0.2) is 0 Å². The fourth-order valence-corrected chi connectivity index (χ4v) is 5.62. The summed E-state index contributed by atoms with van der Waals surface area (Å²) in [7, 11) is 0. The molecule has 0 radical (unpaired) electrons. The smallest absolute Gasteiger partial charge is 0.343 e. The molecule has 0 bridgehead atoms. The number of carbonyl (C=O) groups excluding carboxylic acids is 4. The number of hydrogen-bond acceptors (Lipinski definition) is 8. The van der Waals surface area contributed by atoms with Gasteiger partial charge in [0.05, 0.1) is 11.1 Å². The van der Waals surface area contributed by atoms with Crippen molar-refractivity contribution in [3.05, 3.63) is 154 Å². The fraction of sp³-hybridized carbons (Fsp3) is 0.244. The predicted molar refractivity (Wildman–Crippen MR) is 203 cm³/mol. The lowest BCUT2D eigenvalue weighted by molar-refractivity contribution is -0.135. The minimum atomic E-state index is -0.423. The van der Waals surface area contributed by atoms with Crippen molar-refractivity contribution < 1.29 is 38.1 Å². The molecule has 5 rings (SSSR count). The third-order valence-electron chi connectivity index (χ3n) is 8.56. The van der Waals surface area contributed by atoms with Crippen molar-refractivity contribution in [2.75, 3.05) is 0 Å². The normalized spacial score (nSPS) is 10.7. The van der Waals surface area contributed by atoms with Gasteiger partial charge < -0.3 is 18.9 Å². The molecule has 0 N–H and O–H groups in total. The third kappa shape index (κ3) is 11.8. The number of benzene rings is 5.